The third-order valence-electron chi connectivity index (χ3n) is 3.00. The van der Waals surface area contributed by atoms with Crippen molar-refractivity contribution in [2.24, 2.45) is 0 Å². The van der Waals surface area contributed by atoms with Crippen molar-refractivity contribution in [2.75, 3.05) is 11.9 Å². The molecule has 21 heavy (non-hydrogen) atoms. The molecule has 0 saturated heterocycles. The molecule has 0 aliphatic rings. The molecule has 1 heterocycles. The first-order valence-electron chi connectivity index (χ1n) is 6.89. The molecule has 2 aromatic rings. The smallest absolute Gasteiger partial charge is 0.262 e. The van der Waals surface area contributed by atoms with Crippen LogP contribution in [0.2, 0.25) is 0 Å². The van der Waals surface area contributed by atoms with E-state index in [0.717, 1.165) is 11.3 Å². The highest BCUT2D eigenvalue weighted by Crippen LogP contribution is 2.30. The zero-order chi connectivity index (χ0) is 15.3. The van der Waals surface area contributed by atoms with Gasteiger partial charge >= 0.3 is 0 Å². The Kier molecular flexibility index (Phi) is 4.58. The Morgan fingerprint density at radius 2 is 1.95 bits per heavy atom. The molecule has 1 N–H and O–H groups in total. The molecule has 1 aromatic carbocycles. The average Bonchev–Trinajstić information content (AvgIpc) is 2.45. The van der Waals surface area contributed by atoms with Gasteiger partial charge in [0.1, 0.15) is 5.75 Å². The van der Waals surface area contributed by atoms with E-state index in [0.29, 0.717) is 5.69 Å². The third-order valence-corrected chi connectivity index (χ3v) is 3.00. The van der Waals surface area contributed by atoms with E-state index < -0.39 is 0 Å². The van der Waals surface area contributed by atoms with Crippen molar-refractivity contribution in [2.45, 2.75) is 26.2 Å². The molecule has 2 rings (SSSR count). The normalized spacial score (nSPS) is 11.0. The van der Waals surface area contributed by atoms with Gasteiger partial charge in [-0.25, -0.2) is 0 Å². The van der Waals surface area contributed by atoms with Crippen molar-refractivity contribution in [3.05, 3.63) is 54.4 Å². The van der Waals surface area contributed by atoms with Crippen molar-refractivity contribution in [3.63, 3.8) is 0 Å². The van der Waals surface area contributed by atoms with E-state index in [1.54, 1.807) is 24.5 Å². The zero-order valence-electron chi connectivity index (χ0n) is 12.6. The molecule has 0 aliphatic heterocycles. The van der Waals surface area contributed by atoms with E-state index in [1.165, 1.54) is 0 Å². The number of pyridine rings is 1. The fourth-order valence-corrected chi connectivity index (χ4v) is 1.99. The number of rotatable bonds is 4. The number of nitrogens with zero attached hydrogens (tertiary/aromatic N) is 1. The summed E-state index contributed by atoms with van der Waals surface area (Å²) in [5.41, 5.74) is 1.71. The molecule has 1 amide bonds. The second-order valence-corrected chi connectivity index (χ2v) is 5.82. The van der Waals surface area contributed by atoms with Gasteiger partial charge in [0.25, 0.3) is 5.91 Å². The van der Waals surface area contributed by atoms with E-state index in [2.05, 4.69) is 31.1 Å². The van der Waals surface area contributed by atoms with Gasteiger partial charge in [-0.3, -0.25) is 9.78 Å². The molecule has 0 aliphatic carbocycles. The number of anilines is 1. The molecule has 110 valence electrons. The van der Waals surface area contributed by atoms with Crippen molar-refractivity contribution in [1.82, 2.24) is 4.98 Å². The first kappa shape index (κ1) is 15.0. The maximum absolute atomic E-state index is 11.9. The molecule has 0 radical (unpaired) electrons. The summed E-state index contributed by atoms with van der Waals surface area (Å²) in [6.45, 7) is 6.32. The van der Waals surface area contributed by atoms with E-state index in [9.17, 15) is 4.79 Å². The molecule has 1 aromatic heterocycles. The predicted octanol–water partition coefficient (Wildman–Crippen LogP) is 3.40. The first-order valence-corrected chi connectivity index (χ1v) is 6.89. The Morgan fingerprint density at radius 3 is 2.62 bits per heavy atom. The Balaban J connectivity index is 1.99. The van der Waals surface area contributed by atoms with Crippen molar-refractivity contribution < 1.29 is 9.53 Å². The average molecular weight is 284 g/mol. The van der Waals surface area contributed by atoms with Gasteiger partial charge in [-0.2, -0.15) is 0 Å². The lowest BCUT2D eigenvalue weighted by Gasteiger charge is -2.22. The summed E-state index contributed by atoms with van der Waals surface area (Å²) in [6.07, 6.45) is 3.26. The van der Waals surface area contributed by atoms with Gasteiger partial charge in [0.05, 0.1) is 11.9 Å². The predicted molar refractivity (Wildman–Crippen MR) is 83.5 cm³/mol. The minimum absolute atomic E-state index is 0.0258. The summed E-state index contributed by atoms with van der Waals surface area (Å²) in [6, 6.07) is 11.3. The van der Waals surface area contributed by atoms with Crippen LogP contribution >= 0.6 is 0 Å². The van der Waals surface area contributed by atoms with Crippen LogP contribution in [0.15, 0.2) is 48.8 Å². The van der Waals surface area contributed by atoms with Crippen LogP contribution in [0.3, 0.4) is 0 Å². The van der Waals surface area contributed by atoms with Gasteiger partial charge in [-0.15, -0.1) is 0 Å². The Morgan fingerprint density at radius 1 is 1.19 bits per heavy atom. The fraction of sp³-hybridized carbons (Fsp3) is 0.294. The number of hydrogen-bond acceptors (Lipinski definition) is 3. The summed E-state index contributed by atoms with van der Waals surface area (Å²) in [7, 11) is 0. The lowest BCUT2D eigenvalue weighted by Crippen LogP contribution is -2.22. The maximum atomic E-state index is 11.9. The topological polar surface area (TPSA) is 51.2 Å². The van der Waals surface area contributed by atoms with Crippen molar-refractivity contribution in [3.8, 4) is 5.75 Å². The Hall–Kier alpha value is -2.36. The zero-order valence-corrected chi connectivity index (χ0v) is 12.6. The second kappa shape index (κ2) is 6.39. The minimum atomic E-state index is -0.202. The van der Waals surface area contributed by atoms with Gasteiger partial charge in [-0.05, 0) is 29.2 Å². The van der Waals surface area contributed by atoms with Crippen LogP contribution in [0.25, 0.3) is 0 Å². The number of para-hydroxylation sites is 1. The molecular formula is C17H20N2O2. The lowest BCUT2D eigenvalue weighted by atomic mass is 9.86. The first-order chi connectivity index (χ1) is 9.97. The Labute approximate surface area is 125 Å². The van der Waals surface area contributed by atoms with E-state index >= 15 is 0 Å². The molecule has 0 atom stereocenters. The number of nitrogens with one attached hydrogen (secondary N) is 1. The molecule has 4 nitrogen and oxygen atoms in total. The van der Waals surface area contributed by atoms with Crippen LogP contribution in [0, 0.1) is 0 Å². The lowest BCUT2D eigenvalue weighted by molar-refractivity contribution is -0.118. The highest BCUT2D eigenvalue weighted by atomic mass is 16.5. The van der Waals surface area contributed by atoms with Crippen LogP contribution in [-0.4, -0.2) is 17.5 Å². The third kappa shape index (κ3) is 4.31. The number of benzene rings is 1. The highest BCUT2D eigenvalue weighted by molar-refractivity contribution is 5.91. The maximum Gasteiger partial charge on any atom is 0.262 e. The number of carbonyl (C=O) groups excluding carboxylic acids is 1. The van der Waals surface area contributed by atoms with Gasteiger partial charge in [0.15, 0.2) is 6.61 Å². The summed E-state index contributed by atoms with van der Waals surface area (Å²) < 4.78 is 5.67. The molecular weight excluding hydrogens is 264 g/mol. The molecule has 0 unspecified atom stereocenters. The monoisotopic (exact) mass is 284 g/mol. The second-order valence-electron chi connectivity index (χ2n) is 5.82. The van der Waals surface area contributed by atoms with Crippen molar-refractivity contribution in [1.29, 1.82) is 0 Å². The summed E-state index contributed by atoms with van der Waals surface area (Å²) in [5, 5.41) is 2.74. The van der Waals surface area contributed by atoms with E-state index in [-0.39, 0.29) is 17.9 Å². The SMILES string of the molecule is CC(C)(C)c1ccccc1OCC(=O)Nc1cccnc1. The molecule has 0 fully saturated rings. The van der Waals surface area contributed by atoms with E-state index in [4.69, 9.17) is 4.74 Å². The van der Waals surface area contributed by atoms with Crippen LogP contribution < -0.4 is 10.1 Å². The molecule has 0 spiro atoms. The highest BCUT2D eigenvalue weighted by Gasteiger charge is 2.18. The van der Waals surface area contributed by atoms with Crippen molar-refractivity contribution >= 4 is 11.6 Å². The largest absolute Gasteiger partial charge is 0.483 e. The van der Waals surface area contributed by atoms with Crippen LogP contribution in [0.4, 0.5) is 5.69 Å². The number of hydrogen-bond donors (Lipinski definition) is 1. The fourth-order valence-electron chi connectivity index (χ4n) is 1.99. The summed E-state index contributed by atoms with van der Waals surface area (Å²) in [4.78, 5) is 15.8. The van der Waals surface area contributed by atoms with Gasteiger partial charge in [0, 0.05) is 6.20 Å². The molecule has 0 bridgehead atoms. The van der Waals surface area contributed by atoms with Gasteiger partial charge in [-0.1, -0.05) is 39.0 Å². The number of carbonyl (C=O) groups is 1. The van der Waals surface area contributed by atoms with E-state index in [1.807, 2.05) is 24.3 Å². The molecule has 0 saturated carbocycles. The van der Waals surface area contributed by atoms with Crippen LogP contribution in [0.1, 0.15) is 26.3 Å². The standard InChI is InChI=1S/C17H20N2O2/c1-17(2,3)14-8-4-5-9-15(14)21-12-16(20)19-13-7-6-10-18-11-13/h4-11H,12H2,1-3H3,(H,19,20). The Bertz CT molecular complexity index is 604. The number of amides is 1. The van der Waals surface area contributed by atoms with Crippen LogP contribution in [0.5, 0.6) is 5.75 Å². The number of ether oxygens (including phenoxy) is 1. The van der Waals surface area contributed by atoms with Gasteiger partial charge < -0.3 is 10.1 Å². The van der Waals surface area contributed by atoms with Crippen LogP contribution in [-0.2, 0) is 10.2 Å². The molecule has 4 heteroatoms. The quantitative estimate of drug-likeness (QED) is 0.936. The minimum Gasteiger partial charge on any atom is -0.483 e. The summed E-state index contributed by atoms with van der Waals surface area (Å²) >= 11 is 0. The summed E-state index contributed by atoms with van der Waals surface area (Å²) in [5.74, 6) is 0.540. The number of aromatic nitrogens is 1. The van der Waals surface area contributed by atoms with Gasteiger partial charge in [0.2, 0.25) is 0 Å².